The molecule has 2 aromatic rings. The van der Waals surface area contributed by atoms with Crippen LogP contribution in [0.15, 0.2) is 36.5 Å². The van der Waals surface area contributed by atoms with Crippen LogP contribution in [0.3, 0.4) is 0 Å². The van der Waals surface area contributed by atoms with Crippen LogP contribution in [0.4, 0.5) is 19.4 Å². The van der Waals surface area contributed by atoms with Crippen molar-refractivity contribution in [3.63, 3.8) is 0 Å². The number of ether oxygens (including phenoxy) is 2. The van der Waals surface area contributed by atoms with Crippen LogP contribution in [-0.2, 0) is 20.8 Å². The number of alkyl halides is 2. The predicted molar refractivity (Wildman–Crippen MR) is 122 cm³/mol. The summed E-state index contributed by atoms with van der Waals surface area (Å²) in [6.07, 6.45) is -2.43. The third kappa shape index (κ3) is 5.28. The van der Waals surface area contributed by atoms with E-state index in [0.29, 0.717) is 16.0 Å². The fourth-order valence-corrected chi connectivity index (χ4v) is 3.99. The smallest absolute Gasteiger partial charge is 0.480 e. The van der Waals surface area contributed by atoms with Gasteiger partial charge in [0.05, 0.1) is 18.0 Å². The lowest BCUT2D eigenvalue weighted by Gasteiger charge is -2.43. The Morgan fingerprint density at radius 3 is 2.57 bits per heavy atom. The lowest BCUT2D eigenvalue weighted by molar-refractivity contribution is -0.286. The molecule has 0 bridgehead atoms. The number of pyridine rings is 1. The van der Waals surface area contributed by atoms with Gasteiger partial charge in [-0.1, -0.05) is 6.07 Å². The van der Waals surface area contributed by atoms with E-state index in [0.717, 1.165) is 0 Å². The Bertz CT molecular complexity index is 1270. The van der Waals surface area contributed by atoms with Gasteiger partial charge in [-0.3, -0.25) is 9.59 Å². The molecule has 0 aliphatic carbocycles. The van der Waals surface area contributed by atoms with Crippen molar-refractivity contribution in [1.82, 2.24) is 15.2 Å². The fraction of sp³-hybridized carbons (Fsp3) is 0.348. The van der Waals surface area contributed by atoms with Gasteiger partial charge in [0.15, 0.2) is 17.5 Å². The molecule has 12 nitrogen and oxygen atoms in total. The largest absolute Gasteiger partial charge is 0.586 e. The van der Waals surface area contributed by atoms with Gasteiger partial charge < -0.3 is 30.9 Å². The highest BCUT2D eigenvalue weighted by atomic mass is 19.3. The van der Waals surface area contributed by atoms with Gasteiger partial charge in [0, 0.05) is 6.20 Å². The number of likely N-dealkylation sites (tertiary alicyclic amines) is 1. The number of carbonyl (C=O) groups is 4. The summed E-state index contributed by atoms with van der Waals surface area (Å²) in [5, 5.41) is 14.7. The topological polar surface area (TPSA) is 173 Å². The molecule has 3 heterocycles. The number of carbonyl (C=O) groups excluding carboxylic acids is 3. The first kappa shape index (κ1) is 25.8. The third-order valence-electron chi connectivity index (χ3n) is 5.90. The van der Waals surface area contributed by atoms with Crippen LogP contribution in [0, 0.1) is 5.92 Å². The van der Waals surface area contributed by atoms with Gasteiger partial charge in [-0.05, 0) is 55.7 Å². The lowest BCUT2D eigenvalue weighted by atomic mass is 9.82. The van der Waals surface area contributed by atoms with E-state index < -0.39 is 54.2 Å². The number of hydrogen-bond donors (Lipinski definition) is 4. The first-order valence-corrected chi connectivity index (χ1v) is 11.1. The van der Waals surface area contributed by atoms with Crippen LogP contribution in [-0.4, -0.2) is 57.2 Å². The van der Waals surface area contributed by atoms with E-state index in [1.165, 1.54) is 44.3 Å². The molecule has 5 N–H and O–H groups in total. The second-order valence-electron chi connectivity index (χ2n) is 8.67. The number of anilines is 1. The molecule has 14 heteroatoms. The van der Waals surface area contributed by atoms with Crippen LogP contribution >= 0.6 is 0 Å². The van der Waals surface area contributed by atoms with Gasteiger partial charge in [0.25, 0.3) is 0 Å². The molecule has 4 rings (SSSR count). The van der Waals surface area contributed by atoms with Crippen molar-refractivity contribution >= 4 is 29.6 Å². The number of nitrogens with one attached hydrogen (secondary N) is 2. The molecule has 1 aromatic carbocycles. The quantitative estimate of drug-likeness (QED) is 0.396. The summed E-state index contributed by atoms with van der Waals surface area (Å²) < 4.78 is 35.3. The molecule has 4 atom stereocenters. The van der Waals surface area contributed by atoms with Crippen LogP contribution in [0.5, 0.6) is 11.5 Å². The molecular weight excluding hydrogens is 496 g/mol. The Morgan fingerprint density at radius 1 is 1.19 bits per heavy atom. The van der Waals surface area contributed by atoms with Crippen molar-refractivity contribution in [3.8, 4) is 11.5 Å². The van der Waals surface area contributed by atoms with E-state index in [9.17, 15) is 33.1 Å². The molecule has 0 unspecified atom stereocenters. The minimum absolute atomic E-state index is 0.0188. The number of aliphatic carboxylic acids is 1. The zero-order chi connectivity index (χ0) is 27.1. The third-order valence-corrected chi connectivity index (χ3v) is 5.90. The average Bonchev–Trinajstić information content (AvgIpc) is 3.13. The van der Waals surface area contributed by atoms with Gasteiger partial charge in [-0.15, -0.1) is 8.78 Å². The monoisotopic (exact) mass is 519 g/mol. The normalized spacial score (nSPS) is 21.0. The first-order valence-electron chi connectivity index (χ1n) is 11.1. The summed E-state index contributed by atoms with van der Waals surface area (Å²) in [7, 11) is 0. The van der Waals surface area contributed by atoms with Gasteiger partial charge in [0.1, 0.15) is 5.82 Å². The van der Waals surface area contributed by atoms with Crippen molar-refractivity contribution in [2.24, 2.45) is 11.7 Å². The molecule has 1 fully saturated rings. The number of rotatable bonds is 7. The zero-order valence-electron chi connectivity index (χ0n) is 19.6. The molecule has 2 aliphatic rings. The van der Waals surface area contributed by atoms with Gasteiger partial charge in [-0.25, -0.2) is 19.5 Å². The van der Waals surface area contributed by atoms with Crippen molar-refractivity contribution in [3.05, 3.63) is 47.7 Å². The minimum Gasteiger partial charge on any atom is -0.480 e. The molecule has 4 amide bonds. The molecule has 1 saturated heterocycles. The Hall–Kier alpha value is -4.33. The number of carboxylic acids is 1. The molecule has 0 spiro atoms. The molecule has 196 valence electrons. The van der Waals surface area contributed by atoms with Gasteiger partial charge in [0.2, 0.25) is 11.8 Å². The summed E-state index contributed by atoms with van der Waals surface area (Å²) in [4.78, 5) is 53.9. The lowest BCUT2D eigenvalue weighted by Crippen LogP contribution is -2.68. The highest BCUT2D eigenvalue weighted by Crippen LogP contribution is 2.42. The number of fused-ring (bicyclic) bond motifs is 1. The van der Waals surface area contributed by atoms with E-state index in [4.69, 9.17) is 5.73 Å². The standard InChI is InChI=1S/C23H23F2N5O7/c1-10(26)19(31)29-17-8-12(5-6-27-17)7-14-18(21(33)34)30(20(14)32)22(35)28-11(2)13-3-4-15-16(9-13)37-23(24,25)36-15/h3-6,8-11,14,18H,7,26H2,1-2H3,(H,28,35)(H,33,34)(H,27,29,31)/t10-,11+,14+,18-/m0/s1. The minimum atomic E-state index is -3.80. The number of amides is 4. The summed E-state index contributed by atoms with van der Waals surface area (Å²) in [5.41, 5.74) is 6.40. The Labute approximate surface area is 208 Å². The number of aromatic nitrogens is 1. The van der Waals surface area contributed by atoms with E-state index in [1.807, 2.05) is 0 Å². The highest BCUT2D eigenvalue weighted by molar-refractivity contribution is 6.07. The number of benzene rings is 1. The van der Waals surface area contributed by atoms with Crippen LogP contribution in [0.2, 0.25) is 0 Å². The van der Waals surface area contributed by atoms with E-state index in [2.05, 4.69) is 25.1 Å². The van der Waals surface area contributed by atoms with Gasteiger partial charge in [-0.2, -0.15) is 0 Å². The van der Waals surface area contributed by atoms with Gasteiger partial charge >= 0.3 is 18.3 Å². The van der Waals surface area contributed by atoms with Crippen LogP contribution in [0.1, 0.15) is 31.0 Å². The second-order valence-corrected chi connectivity index (χ2v) is 8.67. The highest BCUT2D eigenvalue weighted by Gasteiger charge is 2.54. The summed E-state index contributed by atoms with van der Waals surface area (Å²) in [5.74, 6) is -3.80. The Morgan fingerprint density at radius 2 is 1.89 bits per heavy atom. The number of hydrogen-bond acceptors (Lipinski definition) is 8. The fourth-order valence-electron chi connectivity index (χ4n) is 3.99. The molecule has 2 aliphatic heterocycles. The van der Waals surface area contributed by atoms with Crippen molar-refractivity contribution < 1.29 is 42.5 Å². The van der Waals surface area contributed by atoms with Crippen molar-refractivity contribution in [2.75, 3.05) is 5.32 Å². The number of nitrogens with zero attached hydrogens (tertiary/aromatic N) is 2. The maximum Gasteiger partial charge on any atom is 0.586 e. The first-order chi connectivity index (χ1) is 17.4. The zero-order valence-corrected chi connectivity index (χ0v) is 19.6. The predicted octanol–water partition coefficient (Wildman–Crippen LogP) is 1.61. The maximum atomic E-state index is 13.3. The molecular formula is C23H23F2N5O7. The average molecular weight is 519 g/mol. The number of carboxylic acid groups (broad SMARTS) is 1. The summed E-state index contributed by atoms with van der Waals surface area (Å²) >= 11 is 0. The molecule has 37 heavy (non-hydrogen) atoms. The Kier molecular flexibility index (Phi) is 6.69. The number of urea groups is 1. The molecule has 0 radical (unpaired) electrons. The van der Waals surface area contributed by atoms with Crippen LogP contribution < -0.4 is 25.8 Å². The summed E-state index contributed by atoms with van der Waals surface area (Å²) in [6, 6.07) is 3.02. The maximum absolute atomic E-state index is 13.3. The van der Waals surface area contributed by atoms with Crippen LogP contribution in [0.25, 0.3) is 0 Å². The number of halogens is 2. The summed E-state index contributed by atoms with van der Waals surface area (Å²) in [6.45, 7) is 3.02. The van der Waals surface area contributed by atoms with E-state index in [-0.39, 0.29) is 23.7 Å². The van der Waals surface area contributed by atoms with E-state index >= 15 is 0 Å². The van der Waals surface area contributed by atoms with E-state index in [1.54, 1.807) is 6.07 Å². The SMILES string of the molecule is C[C@H](N)C(=O)Nc1cc(C[C@H]2C(=O)N(C(=O)N[C@H](C)c3ccc4c(c3)OC(F)(F)O4)[C@@H]2C(=O)O)ccn1. The molecule has 1 aromatic heterocycles. The number of nitrogens with two attached hydrogens (primary N) is 1. The number of β-lactam (4-membered cyclic amide) rings is 1. The number of imide groups is 1. The van der Waals surface area contributed by atoms with Crippen molar-refractivity contribution in [2.45, 2.75) is 44.7 Å². The van der Waals surface area contributed by atoms with Crippen molar-refractivity contribution in [1.29, 1.82) is 0 Å². The Balaban J connectivity index is 1.42. The molecule has 0 saturated carbocycles. The second kappa shape index (κ2) is 9.61.